The lowest BCUT2D eigenvalue weighted by molar-refractivity contribution is 0.228. The first-order valence-corrected chi connectivity index (χ1v) is 6.93. The van der Waals surface area contributed by atoms with E-state index in [0.29, 0.717) is 17.4 Å². The first kappa shape index (κ1) is 12.7. The van der Waals surface area contributed by atoms with Gasteiger partial charge in [0.1, 0.15) is 0 Å². The van der Waals surface area contributed by atoms with Crippen molar-refractivity contribution < 1.29 is 0 Å². The molecule has 0 aliphatic carbocycles. The minimum Gasteiger partial charge on any atom is -0.384 e. The molecule has 2 heterocycles. The molecule has 0 spiro atoms. The van der Waals surface area contributed by atoms with Crippen molar-refractivity contribution in [3.8, 4) is 0 Å². The van der Waals surface area contributed by atoms with Gasteiger partial charge in [0.2, 0.25) is 0 Å². The first-order valence-electron chi connectivity index (χ1n) is 6.93. The van der Waals surface area contributed by atoms with Crippen molar-refractivity contribution in [1.82, 2.24) is 10.6 Å². The molecule has 1 atom stereocenters. The molecule has 1 unspecified atom stereocenters. The largest absolute Gasteiger partial charge is 0.384 e. The van der Waals surface area contributed by atoms with Crippen LogP contribution in [0.25, 0.3) is 0 Å². The lowest BCUT2D eigenvalue weighted by atomic mass is 9.75. The molecular weight excluding hydrogens is 208 g/mol. The molecule has 17 heavy (non-hydrogen) atoms. The number of piperidine rings is 1. The van der Waals surface area contributed by atoms with E-state index in [-0.39, 0.29) is 0 Å². The summed E-state index contributed by atoms with van der Waals surface area (Å²) in [5.74, 6) is 0.665. The van der Waals surface area contributed by atoms with Gasteiger partial charge < -0.3 is 10.6 Å². The van der Waals surface area contributed by atoms with Crippen LogP contribution < -0.4 is 10.6 Å². The van der Waals surface area contributed by atoms with E-state index in [4.69, 9.17) is 0 Å². The second-order valence-corrected chi connectivity index (χ2v) is 6.25. The van der Waals surface area contributed by atoms with Gasteiger partial charge in [0.05, 0.1) is 0 Å². The molecule has 0 bridgehead atoms. The molecule has 2 rings (SSSR count). The zero-order valence-electron chi connectivity index (χ0n) is 11.4. The molecule has 0 aromatic heterocycles. The summed E-state index contributed by atoms with van der Waals surface area (Å²) in [6.45, 7) is 9.30. The predicted molar refractivity (Wildman–Crippen MR) is 73.8 cm³/mol. The highest BCUT2D eigenvalue weighted by Crippen LogP contribution is 2.35. The summed E-state index contributed by atoms with van der Waals surface area (Å²) in [5.41, 5.74) is 1.96. The van der Waals surface area contributed by atoms with Gasteiger partial charge in [-0.3, -0.25) is 0 Å². The molecule has 0 saturated carbocycles. The molecule has 0 amide bonds. The van der Waals surface area contributed by atoms with E-state index in [1.54, 1.807) is 0 Å². The van der Waals surface area contributed by atoms with Crippen molar-refractivity contribution in [3.63, 3.8) is 0 Å². The number of allylic oxidation sites excluding steroid dienone is 2. The summed E-state index contributed by atoms with van der Waals surface area (Å²) in [7, 11) is 0. The third kappa shape index (κ3) is 3.35. The lowest BCUT2D eigenvalue weighted by Crippen LogP contribution is -2.36. The van der Waals surface area contributed by atoms with Gasteiger partial charge in [-0.05, 0) is 49.3 Å². The Labute approximate surface area is 106 Å². The first-order chi connectivity index (χ1) is 8.09. The SMILES string of the molecule is CC(C)C1C=CC(CC2(C)CCNCC2)=CN1. The molecule has 2 nitrogen and oxygen atoms in total. The normalized spacial score (nSPS) is 27.8. The van der Waals surface area contributed by atoms with Crippen LogP contribution in [0.2, 0.25) is 0 Å². The topological polar surface area (TPSA) is 24.1 Å². The summed E-state index contributed by atoms with van der Waals surface area (Å²) < 4.78 is 0. The summed E-state index contributed by atoms with van der Waals surface area (Å²) in [6, 6.07) is 0.513. The summed E-state index contributed by atoms with van der Waals surface area (Å²) in [5, 5.41) is 6.96. The van der Waals surface area contributed by atoms with Crippen molar-refractivity contribution in [2.24, 2.45) is 11.3 Å². The Bertz CT molecular complexity index is 309. The monoisotopic (exact) mass is 234 g/mol. The molecule has 2 heteroatoms. The van der Waals surface area contributed by atoms with E-state index in [0.717, 1.165) is 0 Å². The highest BCUT2D eigenvalue weighted by Gasteiger charge is 2.27. The van der Waals surface area contributed by atoms with Gasteiger partial charge in [0, 0.05) is 12.2 Å². The Hall–Kier alpha value is -0.760. The molecule has 0 radical (unpaired) electrons. The Morgan fingerprint density at radius 1 is 1.35 bits per heavy atom. The van der Waals surface area contributed by atoms with Crippen LogP contribution in [0.4, 0.5) is 0 Å². The standard InChI is InChI=1S/C15H26N2/c1-12(2)14-5-4-13(11-17-14)10-15(3)6-8-16-9-7-15/h4-5,11-12,14,16-17H,6-10H2,1-3H3. The molecule has 0 aromatic carbocycles. The Kier molecular flexibility index (Phi) is 3.93. The summed E-state index contributed by atoms with van der Waals surface area (Å²) >= 11 is 0. The average molecular weight is 234 g/mol. The van der Waals surface area contributed by atoms with Gasteiger partial charge in [0.15, 0.2) is 0 Å². The Balaban J connectivity index is 1.90. The Morgan fingerprint density at radius 2 is 2.06 bits per heavy atom. The molecule has 2 aliphatic rings. The number of hydrogen-bond acceptors (Lipinski definition) is 2. The van der Waals surface area contributed by atoms with Crippen LogP contribution in [0.5, 0.6) is 0 Å². The van der Waals surface area contributed by atoms with Crippen LogP contribution in [-0.2, 0) is 0 Å². The fourth-order valence-corrected chi connectivity index (χ4v) is 2.76. The molecular formula is C15H26N2. The van der Waals surface area contributed by atoms with Gasteiger partial charge >= 0.3 is 0 Å². The van der Waals surface area contributed by atoms with Gasteiger partial charge in [-0.1, -0.05) is 32.9 Å². The fourth-order valence-electron chi connectivity index (χ4n) is 2.76. The number of dihydropyridines is 1. The van der Waals surface area contributed by atoms with E-state index in [1.165, 1.54) is 37.9 Å². The van der Waals surface area contributed by atoms with Gasteiger partial charge in [-0.2, -0.15) is 0 Å². The van der Waals surface area contributed by atoms with Crippen molar-refractivity contribution >= 4 is 0 Å². The van der Waals surface area contributed by atoms with Crippen molar-refractivity contribution in [3.05, 3.63) is 23.9 Å². The summed E-state index contributed by atoms with van der Waals surface area (Å²) in [6.07, 6.45) is 10.7. The van der Waals surface area contributed by atoms with E-state index in [2.05, 4.69) is 49.8 Å². The molecule has 2 N–H and O–H groups in total. The van der Waals surface area contributed by atoms with Crippen LogP contribution in [0.15, 0.2) is 23.9 Å². The van der Waals surface area contributed by atoms with Crippen molar-refractivity contribution in [2.75, 3.05) is 13.1 Å². The van der Waals surface area contributed by atoms with Crippen molar-refractivity contribution in [2.45, 2.75) is 46.1 Å². The molecule has 1 saturated heterocycles. The minimum absolute atomic E-state index is 0.494. The van der Waals surface area contributed by atoms with Crippen molar-refractivity contribution in [1.29, 1.82) is 0 Å². The zero-order valence-corrected chi connectivity index (χ0v) is 11.4. The van der Waals surface area contributed by atoms with Gasteiger partial charge in [-0.15, -0.1) is 0 Å². The molecule has 1 fully saturated rings. The van der Waals surface area contributed by atoms with E-state index >= 15 is 0 Å². The van der Waals surface area contributed by atoms with Crippen LogP contribution in [0.1, 0.15) is 40.0 Å². The van der Waals surface area contributed by atoms with Crippen LogP contribution >= 0.6 is 0 Å². The summed E-state index contributed by atoms with van der Waals surface area (Å²) in [4.78, 5) is 0. The number of rotatable bonds is 3. The smallest absolute Gasteiger partial charge is 0.0465 e. The fraction of sp³-hybridized carbons (Fsp3) is 0.733. The maximum absolute atomic E-state index is 3.51. The second kappa shape index (κ2) is 5.26. The lowest BCUT2D eigenvalue weighted by Gasteiger charge is -2.35. The second-order valence-electron chi connectivity index (χ2n) is 6.25. The quantitative estimate of drug-likeness (QED) is 0.784. The minimum atomic E-state index is 0.494. The van der Waals surface area contributed by atoms with Crippen LogP contribution in [0.3, 0.4) is 0 Å². The van der Waals surface area contributed by atoms with E-state index in [9.17, 15) is 0 Å². The maximum Gasteiger partial charge on any atom is 0.0465 e. The number of hydrogen-bond donors (Lipinski definition) is 2. The van der Waals surface area contributed by atoms with Gasteiger partial charge in [0.25, 0.3) is 0 Å². The van der Waals surface area contributed by atoms with Gasteiger partial charge in [-0.25, -0.2) is 0 Å². The molecule has 2 aliphatic heterocycles. The maximum atomic E-state index is 3.51. The number of nitrogens with one attached hydrogen (secondary N) is 2. The third-order valence-electron chi connectivity index (χ3n) is 4.14. The van der Waals surface area contributed by atoms with Crippen LogP contribution in [-0.4, -0.2) is 19.1 Å². The highest BCUT2D eigenvalue weighted by molar-refractivity contribution is 5.25. The predicted octanol–water partition coefficient (Wildman–Crippen LogP) is 2.83. The molecule has 0 aromatic rings. The Morgan fingerprint density at radius 3 is 2.59 bits per heavy atom. The van der Waals surface area contributed by atoms with E-state index < -0.39 is 0 Å². The van der Waals surface area contributed by atoms with Crippen LogP contribution in [0, 0.1) is 11.3 Å². The van der Waals surface area contributed by atoms with E-state index in [1.807, 2.05) is 0 Å². The molecule has 96 valence electrons. The third-order valence-corrected chi connectivity index (χ3v) is 4.14. The average Bonchev–Trinajstić information content (AvgIpc) is 2.30. The zero-order chi connectivity index (χ0) is 12.3. The highest BCUT2D eigenvalue weighted by atomic mass is 14.9.